The van der Waals surface area contributed by atoms with Crippen LogP contribution in [0.2, 0.25) is 0 Å². The van der Waals surface area contributed by atoms with Gasteiger partial charge < -0.3 is 10.2 Å². The Kier molecular flexibility index (Phi) is 6.32. The molecule has 0 aromatic heterocycles. The molecule has 1 saturated heterocycles. The summed E-state index contributed by atoms with van der Waals surface area (Å²) in [5, 5.41) is 3.43. The fourth-order valence-electron chi connectivity index (χ4n) is 2.38. The molecule has 1 aliphatic rings. The summed E-state index contributed by atoms with van der Waals surface area (Å²) >= 11 is 0. The first-order valence-corrected chi connectivity index (χ1v) is 6.73. The lowest BCUT2D eigenvalue weighted by molar-refractivity contribution is -0.118. The van der Waals surface area contributed by atoms with Gasteiger partial charge in [0.2, 0.25) is 5.91 Å². The first kappa shape index (κ1) is 16.0. The van der Waals surface area contributed by atoms with Crippen molar-refractivity contribution in [1.29, 1.82) is 0 Å². The molecule has 1 atom stereocenters. The highest BCUT2D eigenvalue weighted by molar-refractivity contribution is 5.92. The number of hydrogen-bond donors (Lipinski definition) is 1. The van der Waals surface area contributed by atoms with Crippen LogP contribution in [0.25, 0.3) is 0 Å². The maximum absolute atomic E-state index is 12.1. The summed E-state index contributed by atoms with van der Waals surface area (Å²) in [6.45, 7) is 3.16. The highest BCUT2D eigenvalue weighted by atomic mass is 35.5. The number of carbonyl (C=O) groups excluding carboxylic acids is 1. The molecule has 0 bridgehead atoms. The van der Waals surface area contributed by atoms with Gasteiger partial charge in [-0.1, -0.05) is 17.7 Å². The van der Waals surface area contributed by atoms with Gasteiger partial charge >= 0.3 is 0 Å². The molecule has 1 amide bonds. The molecule has 0 radical (unpaired) electrons. The van der Waals surface area contributed by atoms with Crippen LogP contribution in [0.4, 0.5) is 5.69 Å². The lowest BCUT2D eigenvalue weighted by Gasteiger charge is -2.18. The van der Waals surface area contributed by atoms with Gasteiger partial charge in [-0.2, -0.15) is 0 Å². The molecule has 0 aliphatic carbocycles. The number of rotatable bonds is 4. The SMILES string of the molecule is Cc1ccc(N(C)C(=O)CCC2CCCN2)cc1.Cl. The third-order valence-electron chi connectivity index (χ3n) is 3.66. The van der Waals surface area contributed by atoms with E-state index in [9.17, 15) is 4.79 Å². The number of amides is 1. The van der Waals surface area contributed by atoms with E-state index < -0.39 is 0 Å². The Morgan fingerprint density at radius 2 is 2.05 bits per heavy atom. The predicted octanol–water partition coefficient (Wildman–Crippen LogP) is 2.91. The van der Waals surface area contributed by atoms with E-state index in [1.54, 1.807) is 4.90 Å². The summed E-state index contributed by atoms with van der Waals surface area (Å²) < 4.78 is 0. The lowest BCUT2D eigenvalue weighted by Crippen LogP contribution is -2.29. The van der Waals surface area contributed by atoms with E-state index in [4.69, 9.17) is 0 Å². The number of nitrogens with one attached hydrogen (secondary N) is 1. The molecule has 1 aromatic carbocycles. The summed E-state index contributed by atoms with van der Waals surface area (Å²) in [5.41, 5.74) is 2.19. The van der Waals surface area contributed by atoms with Gasteiger partial charge in [-0.25, -0.2) is 0 Å². The zero-order valence-corrected chi connectivity index (χ0v) is 12.5. The van der Waals surface area contributed by atoms with Gasteiger partial charge in [0.25, 0.3) is 0 Å². The summed E-state index contributed by atoms with van der Waals surface area (Å²) in [6, 6.07) is 8.62. The van der Waals surface area contributed by atoms with Gasteiger partial charge in [0.15, 0.2) is 0 Å². The second kappa shape index (κ2) is 7.51. The average Bonchev–Trinajstić information content (AvgIpc) is 2.89. The van der Waals surface area contributed by atoms with Crippen LogP contribution in [0.3, 0.4) is 0 Å². The number of carbonyl (C=O) groups is 1. The van der Waals surface area contributed by atoms with E-state index in [0.29, 0.717) is 12.5 Å². The molecule has 2 rings (SSSR count). The van der Waals surface area contributed by atoms with Crippen LogP contribution in [-0.2, 0) is 4.79 Å². The molecular formula is C15H23ClN2O. The van der Waals surface area contributed by atoms with Crippen LogP contribution in [0, 0.1) is 6.92 Å². The van der Waals surface area contributed by atoms with Crippen molar-refractivity contribution in [2.45, 2.75) is 38.6 Å². The second-order valence-corrected chi connectivity index (χ2v) is 5.12. The van der Waals surface area contributed by atoms with E-state index in [1.807, 2.05) is 31.3 Å². The number of anilines is 1. The minimum absolute atomic E-state index is 0. The van der Waals surface area contributed by atoms with Crippen LogP contribution in [0.1, 0.15) is 31.2 Å². The van der Waals surface area contributed by atoms with Crippen molar-refractivity contribution in [3.05, 3.63) is 29.8 Å². The van der Waals surface area contributed by atoms with Crippen LogP contribution in [0.5, 0.6) is 0 Å². The van der Waals surface area contributed by atoms with E-state index in [0.717, 1.165) is 18.7 Å². The quantitative estimate of drug-likeness (QED) is 0.921. The number of nitrogens with zero attached hydrogens (tertiary/aromatic N) is 1. The number of halogens is 1. The highest BCUT2D eigenvalue weighted by Gasteiger charge is 2.17. The molecule has 1 N–H and O–H groups in total. The summed E-state index contributed by atoms with van der Waals surface area (Å²) in [4.78, 5) is 13.8. The Hall–Kier alpha value is -1.06. The monoisotopic (exact) mass is 282 g/mol. The average molecular weight is 283 g/mol. The zero-order valence-electron chi connectivity index (χ0n) is 11.7. The lowest BCUT2D eigenvalue weighted by atomic mass is 10.1. The fourth-order valence-corrected chi connectivity index (χ4v) is 2.38. The molecule has 4 heteroatoms. The maximum atomic E-state index is 12.1. The van der Waals surface area contributed by atoms with E-state index in [1.165, 1.54) is 18.4 Å². The van der Waals surface area contributed by atoms with Crippen molar-refractivity contribution < 1.29 is 4.79 Å². The van der Waals surface area contributed by atoms with Gasteiger partial charge in [-0.05, 0) is 44.9 Å². The summed E-state index contributed by atoms with van der Waals surface area (Å²) in [5.74, 6) is 0.201. The molecule has 1 aliphatic heterocycles. The molecule has 1 aromatic rings. The Morgan fingerprint density at radius 1 is 1.37 bits per heavy atom. The molecule has 106 valence electrons. The molecule has 0 saturated carbocycles. The Balaban J connectivity index is 0.00000180. The first-order valence-electron chi connectivity index (χ1n) is 6.73. The number of benzene rings is 1. The molecular weight excluding hydrogens is 260 g/mol. The van der Waals surface area contributed by atoms with Crippen LogP contribution in [-0.4, -0.2) is 25.5 Å². The van der Waals surface area contributed by atoms with Crippen molar-refractivity contribution in [3.8, 4) is 0 Å². The minimum Gasteiger partial charge on any atom is -0.316 e. The van der Waals surface area contributed by atoms with Gasteiger partial charge in [-0.15, -0.1) is 12.4 Å². The molecule has 0 spiro atoms. The van der Waals surface area contributed by atoms with Gasteiger partial charge in [-0.3, -0.25) is 4.79 Å². The van der Waals surface area contributed by atoms with Crippen molar-refractivity contribution in [2.24, 2.45) is 0 Å². The van der Waals surface area contributed by atoms with Gasteiger partial charge in [0, 0.05) is 25.2 Å². The zero-order chi connectivity index (χ0) is 13.0. The summed E-state index contributed by atoms with van der Waals surface area (Å²) in [6.07, 6.45) is 4.03. The number of hydrogen-bond acceptors (Lipinski definition) is 2. The fraction of sp³-hybridized carbons (Fsp3) is 0.533. The van der Waals surface area contributed by atoms with Crippen LogP contribution in [0.15, 0.2) is 24.3 Å². The predicted molar refractivity (Wildman–Crippen MR) is 82.1 cm³/mol. The second-order valence-electron chi connectivity index (χ2n) is 5.12. The van der Waals surface area contributed by atoms with Crippen molar-refractivity contribution in [1.82, 2.24) is 5.32 Å². The third-order valence-corrected chi connectivity index (χ3v) is 3.66. The largest absolute Gasteiger partial charge is 0.316 e. The molecule has 3 nitrogen and oxygen atoms in total. The van der Waals surface area contributed by atoms with Gasteiger partial charge in [0.1, 0.15) is 0 Å². The van der Waals surface area contributed by atoms with Crippen LogP contribution >= 0.6 is 12.4 Å². The Labute approximate surface area is 121 Å². The molecule has 1 unspecified atom stereocenters. The minimum atomic E-state index is 0. The Bertz CT molecular complexity index is 399. The maximum Gasteiger partial charge on any atom is 0.226 e. The van der Waals surface area contributed by atoms with Crippen molar-refractivity contribution in [2.75, 3.05) is 18.5 Å². The smallest absolute Gasteiger partial charge is 0.226 e. The normalized spacial score (nSPS) is 17.9. The Morgan fingerprint density at radius 3 is 2.63 bits per heavy atom. The highest BCUT2D eigenvalue weighted by Crippen LogP contribution is 2.16. The molecule has 19 heavy (non-hydrogen) atoms. The first-order chi connectivity index (χ1) is 8.66. The van der Waals surface area contributed by atoms with E-state index in [2.05, 4.69) is 12.2 Å². The molecule has 1 fully saturated rings. The van der Waals surface area contributed by atoms with E-state index >= 15 is 0 Å². The van der Waals surface area contributed by atoms with E-state index in [-0.39, 0.29) is 18.3 Å². The van der Waals surface area contributed by atoms with Crippen molar-refractivity contribution in [3.63, 3.8) is 0 Å². The third kappa shape index (κ3) is 4.51. The number of aryl methyl sites for hydroxylation is 1. The molecule has 1 heterocycles. The summed E-state index contributed by atoms with van der Waals surface area (Å²) in [7, 11) is 1.86. The topological polar surface area (TPSA) is 32.3 Å². The standard InChI is InChI=1S/C15H22N2O.ClH/c1-12-5-8-14(9-6-12)17(2)15(18)10-7-13-4-3-11-16-13;/h5-6,8-9,13,16H,3-4,7,10-11H2,1-2H3;1H. The van der Waals surface area contributed by atoms with Crippen molar-refractivity contribution >= 4 is 24.0 Å². The van der Waals surface area contributed by atoms with Gasteiger partial charge in [0.05, 0.1) is 0 Å². The van der Waals surface area contributed by atoms with Crippen LogP contribution < -0.4 is 10.2 Å².